The Hall–Kier alpha value is -3.14. The van der Waals surface area contributed by atoms with Gasteiger partial charge in [0.25, 0.3) is 5.56 Å². The number of imidazole rings is 2. The molecule has 44 heavy (non-hydrogen) atoms. The van der Waals surface area contributed by atoms with Gasteiger partial charge in [-0.1, -0.05) is 0 Å². The molecule has 2 unspecified atom stereocenters. The molecule has 4 aromatic heterocycles. The van der Waals surface area contributed by atoms with Crippen molar-refractivity contribution in [1.29, 1.82) is 0 Å². The topological polar surface area (TPSA) is 272 Å². The first-order chi connectivity index (χ1) is 21.0. The van der Waals surface area contributed by atoms with E-state index in [9.17, 15) is 19.4 Å². The van der Waals surface area contributed by atoms with Crippen molar-refractivity contribution in [2.75, 3.05) is 24.7 Å². The molecular formula is C20H22FN10O10P2S+. The molecule has 3 aliphatic rings. The van der Waals surface area contributed by atoms with E-state index in [-0.39, 0.29) is 34.1 Å². The van der Waals surface area contributed by atoms with Crippen molar-refractivity contribution in [3.63, 3.8) is 0 Å². The van der Waals surface area contributed by atoms with Gasteiger partial charge in [0.2, 0.25) is 5.95 Å². The fourth-order valence-electron chi connectivity index (χ4n) is 5.19. The van der Waals surface area contributed by atoms with Crippen LogP contribution in [0.1, 0.15) is 12.5 Å². The molecule has 0 aliphatic carbocycles. The molecule has 0 aromatic carbocycles. The van der Waals surface area contributed by atoms with Crippen molar-refractivity contribution in [2.24, 2.45) is 0 Å². The molecule has 7 N–H and O–H groups in total. The highest BCUT2D eigenvalue weighted by atomic mass is 32.5. The van der Waals surface area contributed by atoms with Gasteiger partial charge in [0, 0.05) is 4.57 Å². The summed E-state index contributed by atoms with van der Waals surface area (Å²) in [6.45, 7) is -5.28. The third kappa shape index (κ3) is 5.07. The summed E-state index contributed by atoms with van der Waals surface area (Å²) in [4.78, 5) is 45.5. The van der Waals surface area contributed by atoms with E-state index in [1.807, 2.05) is 0 Å². The molecule has 0 amide bonds. The third-order valence-electron chi connectivity index (χ3n) is 7.17. The smallest absolute Gasteiger partial charge is 0.386 e. The summed E-state index contributed by atoms with van der Waals surface area (Å²) in [6.07, 6.45) is -8.00. The highest BCUT2D eigenvalue weighted by molar-refractivity contribution is 8.07. The van der Waals surface area contributed by atoms with E-state index in [1.165, 1.54) is 17.2 Å². The molecule has 20 nitrogen and oxygen atoms in total. The number of hydrogen-bond acceptors (Lipinski definition) is 17. The lowest BCUT2D eigenvalue weighted by molar-refractivity contribution is -0.0565. The van der Waals surface area contributed by atoms with Crippen LogP contribution in [0.15, 0.2) is 23.8 Å². The van der Waals surface area contributed by atoms with Gasteiger partial charge < -0.3 is 35.5 Å². The molecule has 7 heterocycles. The first-order valence-corrected chi connectivity index (χ1v) is 16.4. The zero-order chi connectivity index (χ0) is 30.9. The molecule has 0 bridgehead atoms. The molecule has 0 saturated carbocycles. The number of nitrogens with two attached hydrogens (primary N) is 2. The Labute approximate surface area is 249 Å². The Morgan fingerprint density at radius 1 is 1.05 bits per heavy atom. The van der Waals surface area contributed by atoms with Gasteiger partial charge in [-0.15, -0.1) is 9.05 Å². The predicted octanol–water partition coefficient (Wildman–Crippen LogP) is -0.691. The Morgan fingerprint density at radius 2 is 1.75 bits per heavy atom. The number of nitrogens with one attached hydrogen (secondary N) is 1. The van der Waals surface area contributed by atoms with Gasteiger partial charge in [-0.05, 0) is 11.8 Å². The molecule has 3 saturated heterocycles. The van der Waals surface area contributed by atoms with Gasteiger partial charge in [-0.2, -0.15) is 4.98 Å². The van der Waals surface area contributed by atoms with Crippen LogP contribution in [-0.4, -0.2) is 98.9 Å². The zero-order valence-electron chi connectivity index (χ0n) is 21.9. The maximum absolute atomic E-state index is 15.9. The van der Waals surface area contributed by atoms with Crippen LogP contribution in [0.3, 0.4) is 0 Å². The average Bonchev–Trinajstić information content (AvgIpc) is 3.72. The molecule has 10 atom stereocenters. The number of aromatic nitrogens is 8. The lowest BCUT2D eigenvalue weighted by Gasteiger charge is -2.26. The molecule has 24 heteroatoms. The summed E-state index contributed by atoms with van der Waals surface area (Å²) in [5.74, 6) is -0.147. The Bertz CT molecular complexity index is 1880. The number of H-pyrrole nitrogens is 1. The second-order valence-corrected chi connectivity index (χ2v) is 13.6. The van der Waals surface area contributed by atoms with E-state index in [4.69, 9.17) is 50.8 Å². The fraction of sp³-hybridized carbons (Fsp3) is 0.500. The van der Waals surface area contributed by atoms with Crippen LogP contribution < -0.4 is 17.0 Å². The highest BCUT2D eigenvalue weighted by Crippen LogP contribution is 2.51. The quantitative estimate of drug-likeness (QED) is 0.164. The zero-order valence-corrected chi connectivity index (χ0v) is 24.5. The first-order valence-electron chi connectivity index (χ1n) is 12.7. The van der Waals surface area contributed by atoms with Crippen LogP contribution in [0.2, 0.25) is 0 Å². The van der Waals surface area contributed by atoms with E-state index < -0.39 is 82.9 Å². The summed E-state index contributed by atoms with van der Waals surface area (Å²) >= 11 is 5.18. The lowest BCUT2D eigenvalue weighted by Crippen LogP contribution is -2.37. The second-order valence-electron chi connectivity index (χ2n) is 9.85. The van der Waals surface area contributed by atoms with Crippen molar-refractivity contribution in [3.8, 4) is 0 Å². The number of anilines is 2. The van der Waals surface area contributed by atoms with E-state index in [1.54, 1.807) is 0 Å². The molecular weight excluding hydrogens is 653 g/mol. The van der Waals surface area contributed by atoms with Gasteiger partial charge >= 0.3 is 15.0 Å². The maximum atomic E-state index is 15.9. The number of aliphatic hydroxyl groups is 1. The number of aliphatic hydroxyl groups excluding tert-OH is 1. The summed E-state index contributed by atoms with van der Waals surface area (Å²) in [5.41, 5.74) is 11.1. The minimum atomic E-state index is -4.18. The van der Waals surface area contributed by atoms with Crippen LogP contribution in [0.5, 0.6) is 0 Å². The highest BCUT2D eigenvalue weighted by Gasteiger charge is 2.55. The summed E-state index contributed by atoms with van der Waals surface area (Å²) in [6, 6.07) is 0. The lowest BCUT2D eigenvalue weighted by atomic mass is 10.1. The van der Waals surface area contributed by atoms with Crippen molar-refractivity contribution in [1.82, 2.24) is 39.0 Å². The minimum absolute atomic E-state index is 0.0817. The number of nitrogen functional groups attached to an aromatic ring is 2. The summed E-state index contributed by atoms with van der Waals surface area (Å²) in [7, 11) is -3.01. The normalized spacial score (nSPS) is 35.8. The van der Waals surface area contributed by atoms with Gasteiger partial charge in [0.1, 0.15) is 42.9 Å². The van der Waals surface area contributed by atoms with E-state index >= 15 is 4.39 Å². The van der Waals surface area contributed by atoms with Crippen LogP contribution in [0.4, 0.5) is 16.2 Å². The van der Waals surface area contributed by atoms with Crippen LogP contribution in [0, 0.1) is 0 Å². The number of rotatable bonds is 2. The summed E-state index contributed by atoms with van der Waals surface area (Å²) < 4.78 is 64.8. The molecule has 0 spiro atoms. The van der Waals surface area contributed by atoms with Crippen molar-refractivity contribution in [3.05, 3.63) is 29.3 Å². The van der Waals surface area contributed by atoms with Crippen LogP contribution >= 0.6 is 15.0 Å². The average molecular weight is 675 g/mol. The Morgan fingerprint density at radius 3 is 2.55 bits per heavy atom. The van der Waals surface area contributed by atoms with E-state index in [0.29, 0.717) is 0 Å². The van der Waals surface area contributed by atoms with Crippen LogP contribution in [-0.2, 0) is 43.9 Å². The van der Waals surface area contributed by atoms with Gasteiger partial charge in [-0.3, -0.25) is 23.4 Å². The van der Waals surface area contributed by atoms with Gasteiger partial charge in [-0.25, -0.2) is 24.3 Å². The maximum Gasteiger partial charge on any atom is 0.697 e. The van der Waals surface area contributed by atoms with E-state index in [2.05, 4.69) is 29.9 Å². The monoisotopic (exact) mass is 675 g/mol. The number of ether oxygens (including phenoxy) is 2. The Balaban J connectivity index is 1.15. The van der Waals surface area contributed by atoms with E-state index in [0.717, 1.165) is 10.9 Å². The van der Waals surface area contributed by atoms with Gasteiger partial charge in [0.05, 0.1) is 19.3 Å². The summed E-state index contributed by atoms with van der Waals surface area (Å²) in [5, 5.41) is 11.2. The second kappa shape index (κ2) is 11.0. The number of halogens is 1. The number of aromatic amines is 1. The molecule has 3 aliphatic heterocycles. The number of alkyl halides is 1. The molecule has 7 rings (SSSR count). The fourth-order valence-corrected chi connectivity index (χ4v) is 7.42. The predicted molar refractivity (Wildman–Crippen MR) is 147 cm³/mol. The number of fused-ring (bicyclic) bond motifs is 4. The van der Waals surface area contributed by atoms with Crippen molar-refractivity contribution >= 4 is 60.9 Å². The molecule has 0 radical (unpaired) electrons. The number of nitrogens with zero attached hydrogens (tertiary/aromatic N) is 7. The van der Waals surface area contributed by atoms with Crippen molar-refractivity contribution < 1.29 is 46.5 Å². The SMILES string of the molecule is Nc1nc2c(ncn2[C@@H]2O[C@@H]3COP(O)(=S)O[C@H]4[C@@H](O)[C@H](n5cnc6c(N)ncnc65)O[C@@H]4CO[P+](=O)O[C@H]3[C@H]2F)c(=O)[nH]1. The minimum Gasteiger partial charge on any atom is -0.386 e. The first kappa shape index (κ1) is 29.6. The Kier molecular flexibility index (Phi) is 7.41. The molecule has 4 aromatic rings. The number of hydrogen-bond donors (Lipinski definition) is 5. The molecule has 3 fully saturated rings. The largest absolute Gasteiger partial charge is 0.697 e. The van der Waals surface area contributed by atoms with Crippen molar-refractivity contribution in [2.45, 2.75) is 49.1 Å². The van der Waals surface area contributed by atoms with Crippen LogP contribution in [0.25, 0.3) is 22.3 Å². The third-order valence-corrected chi connectivity index (χ3v) is 9.51. The standard InChI is InChI=1S/C20H21FN10O10P2S/c21-8-12-7(38-18(8)31-5-27-10-16(31)28-20(23)29-17(10)33)2-37-43(35,44)41-13-6(1-36-42(34)40-12)39-19(11(13)32)30-4-26-9-14(22)24-3-25-15(9)30/h3-8,11-13,18-19,32H,1-2H2,(H5-,22,23,24,25,28,29,33,35,44)/p+1/t6-,7-,8-,11-,12-,13-,18-,19-,43?/m1/s1. The van der Waals surface area contributed by atoms with Gasteiger partial charge in [0.15, 0.2) is 47.4 Å². The molecule has 234 valence electrons.